The Morgan fingerprint density at radius 3 is 2.97 bits per heavy atom. The molecule has 1 atom stereocenters. The first-order chi connectivity index (χ1) is 14.5. The molecule has 0 radical (unpaired) electrons. The number of H-pyrrole nitrogens is 1. The van der Waals surface area contributed by atoms with Crippen molar-refractivity contribution in [2.75, 3.05) is 33.2 Å². The van der Waals surface area contributed by atoms with Gasteiger partial charge in [0.05, 0.1) is 5.52 Å². The Hall–Kier alpha value is -2.73. The number of aromatic amines is 1. The third-order valence-corrected chi connectivity index (χ3v) is 6.06. The lowest BCUT2D eigenvalue weighted by Gasteiger charge is -2.34. The summed E-state index contributed by atoms with van der Waals surface area (Å²) in [6, 6.07) is 13.0. The normalized spacial score (nSPS) is 17.4. The number of halogens is 1. The van der Waals surface area contributed by atoms with E-state index in [-0.39, 0.29) is 11.7 Å². The molecule has 5 nitrogen and oxygen atoms in total. The molecule has 0 saturated carbocycles. The van der Waals surface area contributed by atoms with Crippen molar-refractivity contribution in [3.05, 3.63) is 65.1 Å². The summed E-state index contributed by atoms with van der Waals surface area (Å²) in [7, 11) is 1.86. The first-order valence-electron chi connectivity index (χ1n) is 10.7. The molecule has 0 bridgehead atoms. The third kappa shape index (κ3) is 4.54. The Bertz CT molecular complexity index is 1030. The summed E-state index contributed by atoms with van der Waals surface area (Å²) in [6.07, 6.45) is 2.93. The molecule has 30 heavy (non-hydrogen) atoms. The van der Waals surface area contributed by atoms with E-state index in [2.05, 4.69) is 15.1 Å². The number of rotatable bonds is 6. The summed E-state index contributed by atoms with van der Waals surface area (Å²) >= 11 is 0. The van der Waals surface area contributed by atoms with Crippen LogP contribution < -0.4 is 0 Å². The van der Waals surface area contributed by atoms with Gasteiger partial charge in [0.25, 0.3) is 5.91 Å². The molecule has 0 aliphatic carbocycles. The van der Waals surface area contributed by atoms with Crippen molar-refractivity contribution < 1.29 is 9.18 Å². The Morgan fingerprint density at radius 2 is 2.13 bits per heavy atom. The fourth-order valence-electron chi connectivity index (χ4n) is 4.42. The van der Waals surface area contributed by atoms with Crippen LogP contribution in [0, 0.1) is 18.7 Å². The van der Waals surface area contributed by atoms with Crippen molar-refractivity contribution in [3.8, 4) is 0 Å². The number of carbonyl (C=O) groups excluding carboxylic acids is 1. The van der Waals surface area contributed by atoms with Crippen LogP contribution in [0.5, 0.6) is 0 Å². The van der Waals surface area contributed by atoms with Crippen LogP contribution in [0.2, 0.25) is 0 Å². The highest BCUT2D eigenvalue weighted by atomic mass is 19.1. The molecular weight excluding hydrogens is 379 g/mol. The highest BCUT2D eigenvalue weighted by molar-refractivity contribution is 6.04. The highest BCUT2D eigenvalue weighted by Gasteiger charge is 2.25. The fourth-order valence-corrected chi connectivity index (χ4v) is 4.42. The number of benzene rings is 2. The van der Waals surface area contributed by atoms with E-state index in [1.807, 2.05) is 44.3 Å². The van der Waals surface area contributed by atoms with Crippen LogP contribution in [-0.4, -0.2) is 59.1 Å². The van der Waals surface area contributed by atoms with E-state index in [0.29, 0.717) is 24.6 Å². The summed E-state index contributed by atoms with van der Waals surface area (Å²) in [5, 5.41) is 8.11. The van der Waals surface area contributed by atoms with Gasteiger partial charge in [0, 0.05) is 32.1 Å². The van der Waals surface area contributed by atoms with Gasteiger partial charge in [-0.2, -0.15) is 5.10 Å². The standard InChI is InChI=1S/C24H29FN4O/c1-17-9-10-22-20(14-17)23(27-26-22)24(30)28(2)15-18-6-5-12-29(16-18)13-11-19-7-3-4-8-21(19)25/h3-4,7-10,14,18H,5-6,11-13,15-16H2,1-2H3,(H,26,27)/t18-/m1/s1. The van der Waals surface area contributed by atoms with Crippen LogP contribution in [0.3, 0.4) is 0 Å². The maximum Gasteiger partial charge on any atom is 0.274 e. The topological polar surface area (TPSA) is 52.2 Å². The van der Waals surface area contributed by atoms with Gasteiger partial charge in [-0.25, -0.2) is 4.39 Å². The first-order valence-corrected chi connectivity index (χ1v) is 10.7. The number of piperidine rings is 1. The number of aromatic nitrogens is 2. The molecule has 1 N–H and O–H groups in total. The third-order valence-electron chi connectivity index (χ3n) is 6.06. The van der Waals surface area contributed by atoms with Crippen LogP contribution in [0.25, 0.3) is 10.9 Å². The number of fused-ring (bicyclic) bond motifs is 1. The second-order valence-electron chi connectivity index (χ2n) is 8.46. The number of carbonyl (C=O) groups is 1. The van der Waals surface area contributed by atoms with Crippen LogP contribution in [0.4, 0.5) is 4.39 Å². The van der Waals surface area contributed by atoms with Crippen molar-refractivity contribution in [2.24, 2.45) is 5.92 Å². The summed E-state index contributed by atoms with van der Waals surface area (Å²) in [4.78, 5) is 17.2. The van der Waals surface area contributed by atoms with E-state index in [4.69, 9.17) is 0 Å². The van der Waals surface area contributed by atoms with Gasteiger partial charge in [-0.1, -0.05) is 29.8 Å². The van der Waals surface area contributed by atoms with Gasteiger partial charge in [-0.15, -0.1) is 0 Å². The first kappa shape index (κ1) is 20.5. The van der Waals surface area contributed by atoms with Crippen molar-refractivity contribution >= 4 is 16.8 Å². The quantitative estimate of drug-likeness (QED) is 0.670. The number of nitrogens with zero attached hydrogens (tertiary/aromatic N) is 3. The lowest BCUT2D eigenvalue weighted by molar-refractivity contribution is 0.0726. The second-order valence-corrected chi connectivity index (χ2v) is 8.46. The van der Waals surface area contributed by atoms with E-state index in [1.54, 1.807) is 11.0 Å². The molecule has 2 aromatic carbocycles. The SMILES string of the molecule is Cc1ccc2[nH]nc(C(=O)N(C)C[C@H]3CCCN(CCc4ccccc4F)C3)c2c1. The summed E-state index contributed by atoms with van der Waals surface area (Å²) < 4.78 is 13.9. The zero-order valence-electron chi connectivity index (χ0n) is 17.7. The molecule has 1 amide bonds. The smallest absolute Gasteiger partial charge is 0.274 e. The van der Waals surface area contributed by atoms with E-state index < -0.39 is 0 Å². The van der Waals surface area contributed by atoms with E-state index in [1.165, 1.54) is 6.07 Å². The predicted octanol–water partition coefficient (Wildman–Crippen LogP) is 4.04. The largest absolute Gasteiger partial charge is 0.340 e. The lowest BCUT2D eigenvalue weighted by atomic mass is 9.97. The van der Waals surface area contributed by atoms with E-state index in [0.717, 1.165) is 54.5 Å². The van der Waals surface area contributed by atoms with Crippen LogP contribution in [-0.2, 0) is 6.42 Å². The molecule has 1 fully saturated rings. The number of amides is 1. The minimum Gasteiger partial charge on any atom is -0.340 e. The number of aryl methyl sites for hydroxylation is 1. The monoisotopic (exact) mass is 408 g/mol. The number of hydrogen-bond donors (Lipinski definition) is 1. The summed E-state index contributed by atoms with van der Waals surface area (Å²) in [5.41, 5.74) is 3.25. The summed E-state index contributed by atoms with van der Waals surface area (Å²) in [5.74, 6) is 0.244. The van der Waals surface area contributed by atoms with Crippen molar-refractivity contribution in [1.29, 1.82) is 0 Å². The molecule has 1 aliphatic heterocycles. The Morgan fingerprint density at radius 1 is 1.30 bits per heavy atom. The zero-order valence-corrected chi connectivity index (χ0v) is 17.7. The number of hydrogen-bond acceptors (Lipinski definition) is 3. The molecule has 0 spiro atoms. The van der Waals surface area contributed by atoms with Gasteiger partial charge in [0.15, 0.2) is 5.69 Å². The molecule has 1 saturated heterocycles. The van der Waals surface area contributed by atoms with E-state index in [9.17, 15) is 9.18 Å². The van der Waals surface area contributed by atoms with E-state index >= 15 is 0 Å². The van der Waals surface area contributed by atoms with Crippen molar-refractivity contribution in [1.82, 2.24) is 20.0 Å². The average molecular weight is 409 g/mol. The van der Waals surface area contributed by atoms with Gasteiger partial charge < -0.3 is 9.80 Å². The predicted molar refractivity (Wildman–Crippen MR) is 117 cm³/mol. The molecule has 1 aromatic heterocycles. The Balaban J connectivity index is 1.35. The average Bonchev–Trinajstić information content (AvgIpc) is 3.16. The Kier molecular flexibility index (Phi) is 6.13. The minimum absolute atomic E-state index is 0.0460. The van der Waals surface area contributed by atoms with Gasteiger partial charge in [-0.3, -0.25) is 9.89 Å². The number of likely N-dealkylation sites (tertiary alicyclic amines) is 1. The zero-order chi connectivity index (χ0) is 21.1. The minimum atomic E-state index is -0.127. The summed E-state index contributed by atoms with van der Waals surface area (Å²) in [6.45, 7) is 5.54. The van der Waals surface area contributed by atoms with Crippen LogP contribution in [0.1, 0.15) is 34.5 Å². The maximum absolute atomic E-state index is 13.9. The van der Waals surface area contributed by atoms with Gasteiger partial charge >= 0.3 is 0 Å². The molecular formula is C24H29FN4O. The van der Waals surface area contributed by atoms with Gasteiger partial charge in [0.2, 0.25) is 0 Å². The molecule has 1 aliphatic rings. The number of nitrogens with one attached hydrogen (secondary N) is 1. The van der Waals surface area contributed by atoms with Crippen LogP contribution >= 0.6 is 0 Å². The molecule has 4 rings (SSSR count). The molecule has 2 heterocycles. The van der Waals surface area contributed by atoms with Gasteiger partial charge in [0.1, 0.15) is 5.82 Å². The molecule has 158 valence electrons. The molecule has 3 aromatic rings. The van der Waals surface area contributed by atoms with Gasteiger partial charge in [-0.05, 0) is 62.4 Å². The fraction of sp³-hybridized carbons (Fsp3) is 0.417. The van der Waals surface area contributed by atoms with Crippen LogP contribution in [0.15, 0.2) is 42.5 Å². The molecule has 6 heteroatoms. The Labute approximate surface area is 176 Å². The lowest BCUT2D eigenvalue weighted by Crippen LogP contribution is -2.42. The van der Waals surface area contributed by atoms with Crippen molar-refractivity contribution in [3.63, 3.8) is 0 Å². The second kappa shape index (κ2) is 8.96. The highest BCUT2D eigenvalue weighted by Crippen LogP contribution is 2.22. The maximum atomic E-state index is 13.9. The van der Waals surface area contributed by atoms with Crippen molar-refractivity contribution in [2.45, 2.75) is 26.2 Å². The molecule has 0 unspecified atom stereocenters.